The van der Waals surface area contributed by atoms with E-state index < -0.39 is 0 Å². The molecule has 0 aliphatic heterocycles. The van der Waals surface area contributed by atoms with Crippen molar-refractivity contribution in [1.29, 1.82) is 5.26 Å². The lowest BCUT2D eigenvalue weighted by atomic mass is 10.1. The number of benzene rings is 1. The fraction of sp³-hybridized carbons (Fsp3) is 0.0714. The van der Waals surface area contributed by atoms with Gasteiger partial charge < -0.3 is 11.1 Å². The maximum Gasteiger partial charge on any atom is 0.128 e. The van der Waals surface area contributed by atoms with Crippen molar-refractivity contribution in [2.45, 2.75) is 6.54 Å². The van der Waals surface area contributed by atoms with Gasteiger partial charge in [0, 0.05) is 17.5 Å². The van der Waals surface area contributed by atoms with Gasteiger partial charge in [-0.05, 0) is 12.1 Å². The monoisotopic (exact) mass is 264 g/mol. The molecule has 6 heteroatoms. The molecule has 0 saturated heterocycles. The first-order valence-electron chi connectivity index (χ1n) is 6.09. The largest absolute Gasteiger partial charge is 0.384 e. The Morgan fingerprint density at radius 2 is 2.20 bits per heavy atom. The molecule has 0 bridgehead atoms. The van der Waals surface area contributed by atoms with Gasteiger partial charge in [-0.2, -0.15) is 10.4 Å². The number of aromatic amines is 1. The van der Waals surface area contributed by atoms with E-state index in [0.717, 1.165) is 16.5 Å². The van der Waals surface area contributed by atoms with Gasteiger partial charge in [0.05, 0.1) is 23.3 Å². The molecule has 0 unspecified atom stereocenters. The number of nitrogen functional groups attached to an aromatic ring is 1. The van der Waals surface area contributed by atoms with E-state index in [4.69, 9.17) is 5.73 Å². The zero-order valence-corrected chi connectivity index (χ0v) is 10.6. The Hall–Kier alpha value is -3.07. The number of nitrogens with two attached hydrogens (primary N) is 1. The number of nitriles is 1. The zero-order valence-electron chi connectivity index (χ0n) is 10.6. The predicted octanol–water partition coefficient (Wildman–Crippen LogP) is 2.02. The van der Waals surface area contributed by atoms with Crippen LogP contribution < -0.4 is 11.1 Å². The molecule has 6 nitrogen and oxygen atoms in total. The number of aromatic nitrogens is 3. The summed E-state index contributed by atoms with van der Waals surface area (Å²) in [5.41, 5.74) is 7.96. The highest BCUT2D eigenvalue weighted by atomic mass is 15.1. The summed E-state index contributed by atoms with van der Waals surface area (Å²) >= 11 is 0. The molecule has 0 atom stereocenters. The maximum absolute atomic E-state index is 9.22. The highest BCUT2D eigenvalue weighted by molar-refractivity contribution is 5.86. The highest BCUT2D eigenvalue weighted by Gasteiger charge is 2.06. The summed E-state index contributed by atoms with van der Waals surface area (Å²) in [4.78, 5) is 4.48. The minimum absolute atomic E-state index is 0.499. The summed E-state index contributed by atoms with van der Waals surface area (Å²) < 4.78 is 0. The molecule has 0 fully saturated rings. The van der Waals surface area contributed by atoms with E-state index in [1.807, 2.05) is 24.3 Å². The number of nitrogens with one attached hydrogen (secondary N) is 2. The summed E-state index contributed by atoms with van der Waals surface area (Å²) in [7, 11) is 0. The van der Waals surface area contributed by atoms with Gasteiger partial charge in [0.15, 0.2) is 0 Å². The Balaban J connectivity index is 1.92. The first-order valence-corrected chi connectivity index (χ1v) is 6.09. The van der Waals surface area contributed by atoms with Crippen LogP contribution >= 0.6 is 0 Å². The van der Waals surface area contributed by atoms with Crippen LogP contribution in [0.25, 0.3) is 10.9 Å². The van der Waals surface area contributed by atoms with Crippen molar-refractivity contribution in [2.75, 3.05) is 11.1 Å². The normalized spacial score (nSPS) is 10.3. The van der Waals surface area contributed by atoms with E-state index in [1.54, 1.807) is 12.3 Å². The van der Waals surface area contributed by atoms with Crippen LogP contribution in [0.3, 0.4) is 0 Å². The fourth-order valence-electron chi connectivity index (χ4n) is 2.01. The van der Waals surface area contributed by atoms with Crippen molar-refractivity contribution in [3.8, 4) is 6.07 Å². The number of H-pyrrole nitrogens is 1. The topological polar surface area (TPSA) is 103 Å². The zero-order chi connectivity index (χ0) is 13.9. The number of anilines is 2. The van der Waals surface area contributed by atoms with Crippen LogP contribution in [0.4, 0.5) is 11.6 Å². The number of hydrogen-bond donors (Lipinski definition) is 3. The predicted molar refractivity (Wildman–Crippen MR) is 76.8 cm³/mol. The Bertz CT molecular complexity index is 799. The molecule has 98 valence electrons. The molecule has 0 amide bonds. The molecule has 0 aliphatic carbocycles. The van der Waals surface area contributed by atoms with Crippen molar-refractivity contribution in [1.82, 2.24) is 15.2 Å². The van der Waals surface area contributed by atoms with Gasteiger partial charge in [-0.25, -0.2) is 4.98 Å². The Morgan fingerprint density at radius 3 is 2.95 bits per heavy atom. The molecule has 2 heterocycles. The van der Waals surface area contributed by atoms with Gasteiger partial charge in [0.2, 0.25) is 0 Å². The van der Waals surface area contributed by atoms with Crippen LogP contribution in [0.15, 0.2) is 36.5 Å². The van der Waals surface area contributed by atoms with E-state index in [1.165, 1.54) is 0 Å². The van der Waals surface area contributed by atoms with E-state index >= 15 is 0 Å². The number of nitrogens with zero attached hydrogens (tertiary/aromatic N) is 3. The van der Waals surface area contributed by atoms with Gasteiger partial charge in [0.1, 0.15) is 11.6 Å². The lowest BCUT2D eigenvalue weighted by Crippen LogP contribution is -2.03. The molecule has 3 aromatic rings. The summed E-state index contributed by atoms with van der Waals surface area (Å²) in [5.74, 6) is 1.17. The minimum atomic E-state index is 0.499. The van der Waals surface area contributed by atoms with Gasteiger partial charge in [-0.15, -0.1) is 0 Å². The van der Waals surface area contributed by atoms with Crippen LogP contribution in [-0.2, 0) is 6.54 Å². The Labute approximate surface area is 115 Å². The van der Waals surface area contributed by atoms with Crippen LogP contribution in [0, 0.1) is 11.3 Å². The van der Waals surface area contributed by atoms with Crippen LogP contribution in [0.1, 0.15) is 11.1 Å². The molecular formula is C14H12N6. The summed E-state index contributed by atoms with van der Waals surface area (Å²) in [6.07, 6.45) is 1.66. The molecule has 3 rings (SSSR count). The first kappa shape index (κ1) is 12.0. The average Bonchev–Trinajstić information content (AvgIpc) is 2.89. The third-order valence-corrected chi connectivity index (χ3v) is 3.05. The molecule has 0 aliphatic rings. The Kier molecular flexibility index (Phi) is 2.94. The minimum Gasteiger partial charge on any atom is -0.384 e. The molecule has 0 radical (unpaired) electrons. The van der Waals surface area contributed by atoms with Crippen LogP contribution in [-0.4, -0.2) is 15.2 Å². The van der Waals surface area contributed by atoms with Gasteiger partial charge in [-0.3, -0.25) is 5.10 Å². The van der Waals surface area contributed by atoms with Crippen molar-refractivity contribution < 1.29 is 0 Å². The highest BCUT2D eigenvalue weighted by Crippen LogP contribution is 2.20. The SMILES string of the molecule is N#Cc1cc(NCc2cn[nH]c2N)nc2ccccc12. The number of fused-ring (bicyclic) bond motifs is 1. The van der Waals surface area contributed by atoms with Gasteiger partial charge in [0.25, 0.3) is 0 Å². The van der Waals surface area contributed by atoms with E-state index in [9.17, 15) is 5.26 Å². The third-order valence-electron chi connectivity index (χ3n) is 3.05. The third kappa shape index (κ3) is 2.12. The second-order valence-corrected chi connectivity index (χ2v) is 4.35. The standard InChI is InChI=1S/C14H12N6/c15-6-9-5-13(17-7-10-8-18-20-14(10)16)19-12-4-2-1-3-11(9)12/h1-5,8H,7H2,(H,17,19)(H3,16,18,20). The lowest BCUT2D eigenvalue weighted by molar-refractivity contribution is 1.10. The van der Waals surface area contributed by atoms with Crippen molar-refractivity contribution in [3.05, 3.63) is 47.7 Å². The number of rotatable bonds is 3. The summed E-state index contributed by atoms with van der Waals surface area (Å²) in [5, 5.41) is 19.7. The van der Waals surface area contributed by atoms with Crippen molar-refractivity contribution in [3.63, 3.8) is 0 Å². The second kappa shape index (κ2) is 4.90. The maximum atomic E-state index is 9.22. The molecular weight excluding hydrogens is 252 g/mol. The molecule has 0 saturated carbocycles. The summed E-state index contributed by atoms with van der Waals surface area (Å²) in [6, 6.07) is 11.5. The van der Waals surface area contributed by atoms with E-state index in [-0.39, 0.29) is 0 Å². The molecule has 20 heavy (non-hydrogen) atoms. The van der Waals surface area contributed by atoms with E-state index in [2.05, 4.69) is 26.6 Å². The molecule has 1 aromatic carbocycles. The second-order valence-electron chi connectivity index (χ2n) is 4.35. The van der Waals surface area contributed by atoms with Gasteiger partial charge in [-0.1, -0.05) is 18.2 Å². The fourth-order valence-corrected chi connectivity index (χ4v) is 2.01. The average molecular weight is 264 g/mol. The number of hydrogen-bond acceptors (Lipinski definition) is 5. The smallest absolute Gasteiger partial charge is 0.128 e. The summed E-state index contributed by atoms with van der Waals surface area (Å²) in [6.45, 7) is 0.499. The first-order chi connectivity index (χ1) is 9.78. The Morgan fingerprint density at radius 1 is 1.35 bits per heavy atom. The van der Waals surface area contributed by atoms with Crippen LogP contribution in [0.2, 0.25) is 0 Å². The molecule has 0 spiro atoms. The quantitative estimate of drug-likeness (QED) is 0.671. The lowest BCUT2D eigenvalue weighted by Gasteiger charge is -2.07. The molecule has 4 N–H and O–H groups in total. The number of para-hydroxylation sites is 1. The van der Waals surface area contributed by atoms with Crippen LogP contribution in [0.5, 0.6) is 0 Å². The van der Waals surface area contributed by atoms with E-state index in [0.29, 0.717) is 23.7 Å². The van der Waals surface area contributed by atoms with Gasteiger partial charge >= 0.3 is 0 Å². The molecule has 2 aromatic heterocycles. The number of pyridine rings is 1. The van der Waals surface area contributed by atoms with Crippen molar-refractivity contribution >= 4 is 22.5 Å². The van der Waals surface area contributed by atoms with Crippen molar-refractivity contribution in [2.24, 2.45) is 0 Å².